The minimum Gasteiger partial charge on any atom is -0.412 e. The van der Waals surface area contributed by atoms with Crippen molar-refractivity contribution in [1.29, 1.82) is 0 Å². The average Bonchev–Trinajstić information content (AvgIpc) is 1.76. The molecule has 1 heterocycles. The molecule has 0 bridgehead atoms. The Morgan fingerprint density at radius 3 is 1.67 bits per heavy atom. The van der Waals surface area contributed by atoms with Gasteiger partial charge in [-0.2, -0.15) is 0 Å². The van der Waals surface area contributed by atoms with Gasteiger partial charge in [-0.3, -0.25) is 0 Å². The topological polar surface area (TPSA) is 80.9 Å². The predicted octanol–water partition coefficient (Wildman–Crippen LogP) is -0.0478. The zero-order valence-corrected chi connectivity index (χ0v) is 3.00. The molecular weight excluding hydrogens is 84.0 g/mol. The lowest BCUT2D eigenvalue weighted by Crippen LogP contribution is -1.52. The molecule has 5 heteroatoms. The maximum Gasteiger partial charge on any atom is 0.175 e. The van der Waals surface area contributed by atoms with Crippen LogP contribution in [-0.4, -0.2) is 12.1 Å². The van der Waals surface area contributed by atoms with E-state index in [0.717, 1.165) is 0 Å². The average molecular weight is 88.1 g/mol. The van der Waals surface area contributed by atoms with Crippen LogP contribution in [0.3, 0.4) is 0 Å². The summed E-state index contributed by atoms with van der Waals surface area (Å²) in [5.74, 6) is 0. The number of nitrogens with zero attached hydrogens (tertiary/aromatic N) is 4. The molecule has 0 fully saturated rings. The van der Waals surface area contributed by atoms with E-state index in [1.807, 2.05) is 0 Å². The molecule has 0 saturated carbocycles. The van der Waals surface area contributed by atoms with E-state index in [-0.39, 0.29) is 5.48 Å². The number of rotatable bonds is 0. The minimum atomic E-state index is 0. The highest BCUT2D eigenvalue weighted by molar-refractivity contribution is 4.30. The molecule has 0 aromatic heterocycles. The monoisotopic (exact) mass is 88.0 g/mol. The van der Waals surface area contributed by atoms with Gasteiger partial charge in [0.15, 0.2) is 6.67 Å². The number of hydrogen-bond donors (Lipinski definition) is 0. The first kappa shape index (κ1) is 5.16. The van der Waals surface area contributed by atoms with Gasteiger partial charge in [-0.25, -0.2) is 0 Å². The minimum absolute atomic E-state index is 0. The lowest BCUT2D eigenvalue weighted by atomic mass is 11.2. The van der Waals surface area contributed by atoms with Gasteiger partial charge in [0.2, 0.25) is 0 Å². The van der Waals surface area contributed by atoms with Crippen molar-refractivity contribution >= 4 is 0 Å². The van der Waals surface area contributed by atoms with Crippen molar-refractivity contribution < 1.29 is 5.48 Å². The Bertz CT molecular complexity index is 65.6. The third-order valence-corrected chi connectivity index (χ3v) is 0.293. The Morgan fingerprint density at radius 2 is 1.50 bits per heavy atom. The van der Waals surface area contributed by atoms with Crippen LogP contribution >= 0.6 is 0 Å². The molecule has 0 amide bonds. The molecule has 1 rings (SSSR count). The molecular formula is CH4N4O. The molecule has 0 radical (unpaired) electrons. The maximum absolute atomic E-state index is 3.38. The predicted molar refractivity (Wildman–Crippen MR) is 18.2 cm³/mol. The lowest BCUT2D eigenvalue weighted by molar-refractivity contribution is 0.824. The zero-order valence-electron chi connectivity index (χ0n) is 3.00. The second kappa shape index (κ2) is 2.40. The van der Waals surface area contributed by atoms with Gasteiger partial charge in [0.05, 0.1) is 0 Å². The number of hydrogen-bond acceptors (Lipinski definition) is 4. The largest absolute Gasteiger partial charge is 0.412 e. The normalized spacial score (nSPS) is 14.7. The summed E-state index contributed by atoms with van der Waals surface area (Å²) < 4.78 is 0. The Hall–Kier alpha value is -0.840. The van der Waals surface area contributed by atoms with Crippen LogP contribution < -0.4 is 0 Å². The molecule has 34 valence electrons. The SMILES string of the molecule is C1N=NN=N1.O. The van der Waals surface area contributed by atoms with Crippen molar-refractivity contribution in [3.8, 4) is 0 Å². The van der Waals surface area contributed by atoms with Crippen LogP contribution in [0.15, 0.2) is 20.7 Å². The first-order valence-electron chi connectivity index (χ1n) is 1.23. The highest BCUT2D eigenvalue weighted by Crippen LogP contribution is 1.87. The van der Waals surface area contributed by atoms with Crippen LogP contribution in [0.5, 0.6) is 0 Å². The van der Waals surface area contributed by atoms with Crippen molar-refractivity contribution in [1.82, 2.24) is 0 Å². The fourth-order valence-corrected chi connectivity index (χ4v) is 0.141. The molecule has 0 atom stereocenters. The Kier molecular flexibility index (Phi) is 2.06. The van der Waals surface area contributed by atoms with Gasteiger partial charge >= 0.3 is 0 Å². The standard InChI is InChI=1S/CH2N4.H2O/c1-2-4-5-3-1;/h1H2;1H2. The van der Waals surface area contributed by atoms with Gasteiger partial charge < -0.3 is 5.48 Å². The van der Waals surface area contributed by atoms with E-state index in [1.54, 1.807) is 0 Å². The molecule has 5 nitrogen and oxygen atoms in total. The van der Waals surface area contributed by atoms with Crippen LogP contribution in [0, 0.1) is 0 Å². The second-order valence-electron chi connectivity index (χ2n) is 0.603. The fraction of sp³-hybridized carbons (Fsp3) is 1.00. The smallest absolute Gasteiger partial charge is 0.175 e. The molecule has 0 saturated heterocycles. The van der Waals surface area contributed by atoms with Crippen molar-refractivity contribution in [2.24, 2.45) is 20.7 Å². The van der Waals surface area contributed by atoms with Crippen molar-refractivity contribution in [3.63, 3.8) is 0 Å². The Morgan fingerprint density at radius 1 is 1.00 bits per heavy atom. The summed E-state index contributed by atoms with van der Waals surface area (Å²) in [5.41, 5.74) is 0. The summed E-state index contributed by atoms with van der Waals surface area (Å²) in [6.45, 7) is 0.417. The third kappa shape index (κ3) is 0.852. The highest BCUT2D eigenvalue weighted by atomic mass is 16.0. The van der Waals surface area contributed by atoms with Gasteiger partial charge in [-0.05, 0) is 10.4 Å². The quantitative estimate of drug-likeness (QED) is 0.398. The van der Waals surface area contributed by atoms with E-state index in [9.17, 15) is 0 Å². The molecule has 0 aromatic rings. The van der Waals surface area contributed by atoms with Gasteiger partial charge in [0.1, 0.15) is 0 Å². The van der Waals surface area contributed by atoms with Crippen LogP contribution in [0.2, 0.25) is 0 Å². The summed E-state index contributed by atoms with van der Waals surface area (Å²) in [5, 5.41) is 13.1. The molecule has 1 aliphatic heterocycles. The van der Waals surface area contributed by atoms with Crippen LogP contribution in [0.1, 0.15) is 0 Å². The highest BCUT2D eigenvalue weighted by Gasteiger charge is 1.76. The molecule has 0 unspecified atom stereocenters. The van der Waals surface area contributed by atoms with E-state index in [0.29, 0.717) is 6.67 Å². The summed E-state index contributed by atoms with van der Waals surface area (Å²) in [6, 6.07) is 0. The van der Waals surface area contributed by atoms with Crippen molar-refractivity contribution in [2.75, 3.05) is 6.67 Å². The second-order valence-corrected chi connectivity index (χ2v) is 0.603. The summed E-state index contributed by atoms with van der Waals surface area (Å²) >= 11 is 0. The fourth-order valence-electron chi connectivity index (χ4n) is 0.141. The van der Waals surface area contributed by atoms with E-state index in [1.165, 1.54) is 0 Å². The summed E-state index contributed by atoms with van der Waals surface area (Å²) in [6.07, 6.45) is 0. The maximum atomic E-state index is 3.38. The van der Waals surface area contributed by atoms with Crippen LogP contribution in [0.4, 0.5) is 0 Å². The van der Waals surface area contributed by atoms with E-state index >= 15 is 0 Å². The third-order valence-electron chi connectivity index (χ3n) is 0.293. The van der Waals surface area contributed by atoms with Gasteiger partial charge in [0.25, 0.3) is 0 Å². The van der Waals surface area contributed by atoms with E-state index in [2.05, 4.69) is 20.7 Å². The molecule has 1 aliphatic rings. The molecule has 2 N–H and O–H groups in total. The Labute approximate surface area is 34.1 Å². The van der Waals surface area contributed by atoms with Crippen molar-refractivity contribution in [3.05, 3.63) is 0 Å². The first-order valence-corrected chi connectivity index (χ1v) is 1.23. The van der Waals surface area contributed by atoms with Gasteiger partial charge in [-0.15, -0.1) is 10.2 Å². The van der Waals surface area contributed by atoms with Gasteiger partial charge in [0, 0.05) is 0 Å². The van der Waals surface area contributed by atoms with Gasteiger partial charge in [-0.1, -0.05) is 0 Å². The van der Waals surface area contributed by atoms with E-state index in [4.69, 9.17) is 0 Å². The lowest BCUT2D eigenvalue weighted by Gasteiger charge is -1.52. The Balaban J connectivity index is 0.000000250. The summed E-state index contributed by atoms with van der Waals surface area (Å²) in [7, 11) is 0. The van der Waals surface area contributed by atoms with E-state index < -0.39 is 0 Å². The van der Waals surface area contributed by atoms with Crippen molar-refractivity contribution in [2.45, 2.75) is 0 Å². The molecule has 0 aromatic carbocycles. The summed E-state index contributed by atoms with van der Waals surface area (Å²) in [4.78, 5) is 0. The van der Waals surface area contributed by atoms with Crippen LogP contribution in [-0.2, 0) is 0 Å². The molecule has 0 aliphatic carbocycles. The molecule has 0 spiro atoms. The first-order chi connectivity index (χ1) is 2.50. The molecule has 6 heavy (non-hydrogen) atoms. The van der Waals surface area contributed by atoms with Crippen LogP contribution in [0.25, 0.3) is 0 Å². The zero-order chi connectivity index (χ0) is 3.54.